The Balaban J connectivity index is 1.77. The van der Waals surface area contributed by atoms with Gasteiger partial charge in [0.2, 0.25) is 0 Å². The van der Waals surface area contributed by atoms with Crippen molar-refractivity contribution in [3.8, 4) is 0 Å². The molecular weight excluding hydrogens is 266 g/mol. The van der Waals surface area contributed by atoms with E-state index in [9.17, 15) is 0 Å². The van der Waals surface area contributed by atoms with Crippen molar-refractivity contribution < 1.29 is 9.47 Å². The van der Waals surface area contributed by atoms with Crippen LogP contribution in [0.5, 0.6) is 0 Å². The van der Waals surface area contributed by atoms with Crippen molar-refractivity contribution in [1.29, 1.82) is 0 Å². The predicted molar refractivity (Wildman–Crippen MR) is 81.2 cm³/mol. The zero-order chi connectivity index (χ0) is 14.2. The average Bonchev–Trinajstić information content (AvgIpc) is 3.18. The lowest BCUT2D eigenvalue weighted by Gasteiger charge is -2.23. The molecule has 2 N–H and O–H groups in total. The lowest BCUT2D eigenvalue weighted by atomic mass is 9.97. The maximum absolute atomic E-state index is 6.23. The molecule has 4 rings (SSSR count). The van der Waals surface area contributed by atoms with E-state index >= 15 is 0 Å². The van der Waals surface area contributed by atoms with Gasteiger partial charge in [-0.3, -0.25) is 0 Å². The fraction of sp³-hybridized carbons (Fsp3) is 0.562. The molecule has 112 valence electrons. The van der Waals surface area contributed by atoms with E-state index in [2.05, 4.69) is 17.2 Å². The minimum atomic E-state index is 0.0470. The van der Waals surface area contributed by atoms with E-state index < -0.39 is 0 Å². The predicted octanol–water partition coefficient (Wildman–Crippen LogP) is 2.82. The number of benzene rings is 1. The summed E-state index contributed by atoms with van der Waals surface area (Å²) >= 11 is 0. The SMILES string of the molecule is Nc1cc(C2CCOC2)cc2c1cnn2C1CCCCO1. The molecule has 21 heavy (non-hydrogen) atoms. The largest absolute Gasteiger partial charge is 0.398 e. The Morgan fingerprint density at radius 1 is 1.19 bits per heavy atom. The van der Waals surface area contributed by atoms with Gasteiger partial charge in [-0.2, -0.15) is 5.10 Å². The van der Waals surface area contributed by atoms with Crippen LogP contribution < -0.4 is 5.73 Å². The number of fused-ring (bicyclic) bond motifs is 1. The summed E-state index contributed by atoms with van der Waals surface area (Å²) in [4.78, 5) is 0. The zero-order valence-corrected chi connectivity index (χ0v) is 12.1. The first-order valence-electron chi connectivity index (χ1n) is 7.79. The summed E-state index contributed by atoms with van der Waals surface area (Å²) in [6.45, 7) is 2.45. The molecule has 0 aliphatic carbocycles. The molecule has 2 aliphatic rings. The summed E-state index contributed by atoms with van der Waals surface area (Å²) in [6, 6.07) is 4.30. The van der Waals surface area contributed by atoms with Crippen molar-refractivity contribution in [2.45, 2.75) is 37.8 Å². The number of nitrogens with two attached hydrogens (primary N) is 1. The monoisotopic (exact) mass is 287 g/mol. The first-order valence-corrected chi connectivity index (χ1v) is 7.79. The number of anilines is 1. The maximum atomic E-state index is 6.23. The highest BCUT2D eigenvalue weighted by molar-refractivity contribution is 5.91. The van der Waals surface area contributed by atoms with Gasteiger partial charge in [0.15, 0.2) is 6.23 Å². The molecule has 2 aromatic rings. The average molecular weight is 287 g/mol. The summed E-state index contributed by atoms with van der Waals surface area (Å²) < 4.78 is 13.4. The van der Waals surface area contributed by atoms with Gasteiger partial charge in [0.1, 0.15) is 0 Å². The van der Waals surface area contributed by atoms with Crippen LogP contribution in [0, 0.1) is 0 Å². The van der Waals surface area contributed by atoms with Crippen molar-refractivity contribution in [3.63, 3.8) is 0 Å². The summed E-state index contributed by atoms with van der Waals surface area (Å²) in [5.41, 5.74) is 9.38. The van der Waals surface area contributed by atoms with E-state index in [1.165, 1.54) is 12.0 Å². The number of aromatic nitrogens is 2. The van der Waals surface area contributed by atoms with Crippen LogP contribution >= 0.6 is 0 Å². The molecule has 2 unspecified atom stereocenters. The smallest absolute Gasteiger partial charge is 0.150 e. The fourth-order valence-corrected chi connectivity index (χ4v) is 3.37. The van der Waals surface area contributed by atoms with Gasteiger partial charge < -0.3 is 15.2 Å². The van der Waals surface area contributed by atoms with Gasteiger partial charge in [0.25, 0.3) is 0 Å². The molecule has 5 nitrogen and oxygen atoms in total. The molecule has 2 saturated heterocycles. The maximum Gasteiger partial charge on any atom is 0.150 e. The van der Waals surface area contributed by atoms with Crippen LogP contribution in [0.25, 0.3) is 10.9 Å². The van der Waals surface area contributed by atoms with E-state index in [1.54, 1.807) is 0 Å². The third-order valence-corrected chi connectivity index (χ3v) is 4.60. The first kappa shape index (κ1) is 13.1. The molecule has 1 aromatic carbocycles. The second-order valence-electron chi connectivity index (χ2n) is 6.01. The van der Waals surface area contributed by atoms with Gasteiger partial charge in [-0.1, -0.05) is 0 Å². The second kappa shape index (κ2) is 5.31. The molecule has 0 spiro atoms. The fourth-order valence-electron chi connectivity index (χ4n) is 3.37. The van der Waals surface area contributed by atoms with Gasteiger partial charge in [-0.25, -0.2) is 4.68 Å². The van der Waals surface area contributed by atoms with Crippen LogP contribution in [0.3, 0.4) is 0 Å². The standard InChI is InChI=1S/C16H21N3O2/c17-14-7-12(11-4-6-20-10-11)8-15-13(14)9-18-19(15)16-3-1-2-5-21-16/h7-9,11,16H,1-6,10,17H2. The number of hydrogen-bond donors (Lipinski definition) is 1. The Kier molecular flexibility index (Phi) is 3.31. The summed E-state index contributed by atoms with van der Waals surface area (Å²) in [5.74, 6) is 0.451. The summed E-state index contributed by atoms with van der Waals surface area (Å²) in [6.07, 6.45) is 6.33. The lowest BCUT2D eigenvalue weighted by molar-refractivity contribution is -0.0366. The van der Waals surface area contributed by atoms with Crippen molar-refractivity contribution in [3.05, 3.63) is 23.9 Å². The minimum Gasteiger partial charge on any atom is -0.398 e. The van der Waals surface area contributed by atoms with Crippen molar-refractivity contribution in [2.24, 2.45) is 0 Å². The van der Waals surface area contributed by atoms with E-state index in [0.29, 0.717) is 5.92 Å². The van der Waals surface area contributed by atoms with Gasteiger partial charge in [0.05, 0.1) is 18.3 Å². The molecule has 2 atom stereocenters. The van der Waals surface area contributed by atoms with Gasteiger partial charge >= 0.3 is 0 Å². The summed E-state index contributed by atoms with van der Waals surface area (Å²) in [7, 11) is 0. The van der Waals surface area contributed by atoms with Crippen LogP contribution in [0.4, 0.5) is 5.69 Å². The summed E-state index contributed by atoms with van der Waals surface area (Å²) in [5, 5.41) is 5.55. The number of rotatable bonds is 2. The lowest BCUT2D eigenvalue weighted by Crippen LogP contribution is -2.19. The van der Waals surface area contributed by atoms with Crippen LogP contribution in [0.1, 0.15) is 43.4 Å². The third-order valence-electron chi connectivity index (χ3n) is 4.60. The van der Waals surface area contributed by atoms with E-state index in [1.807, 2.05) is 10.9 Å². The number of nitrogen functional groups attached to an aromatic ring is 1. The van der Waals surface area contributed by atoms with Crippen molar-refractivity contribution in [2.75, 3.05) is 25.6 Å². The molecule has 0 radical (unpaired) electrons. The molecular formula is C16H21N3O2. The molecule has 3 heterocycles. The van der Waals surface area contributed by atoms with Crippen LogP contribution in [-0.4, -0.2) is 29.6 Å². The molecule has 0 saturated carbocycles. The Hall–Kier alpha value is -1.59. The number of hydrogen-bond acceptors (Lipinski definition) is 4. The Morgan fingerprint density at radius 3 is 2.90 bits per heavy atom. The topological polar surface area (TPSA) is 62.3 Å². The Bertz CT molecular complexity index is 640. The van der Waals surface area contributed by atoms with Crippen molar-refractivity contribution >= 4 is 16.6 Å². The van der Waals surface area contributed by atoms with Gasteiger partial charge in [-0.15, -0.1) is 0 Å². The Morgan fingerprint density at radius 2 is 2.14 bits per heavy atom. The quantitative estimate of drug-likeness (QED) is 0.863. The normalized spacial score (nSPS) is 26.5. The van der Waals surface area contributed by atoms with Gasteiger partial charge in [-0.05, 0) is 43.4 Å². The second-order valence-corrected chi connectivity index (χ2v) is 6.01. The van der Waals surface area contributed by atoms with E-state index in [4.69, 9.17) is 15.2 Å². The first-order chi connectivity index (χ1) is 10.3. The van der Waals surface area contributed by atoms with Gasteiger partial charge in [0, 0.05) is 30.2 Å². The highest BCUT2D eigenvalue weighted by Gasteiger charge is 2.22. The van der Waals surface area contributed by atoms with Crippen LogP contribution in [0.2, 0.25) is 0 Å². The zero-order valence-electron chi connectivity index (χ0n) is 12.1. The Labute approximate surface area is 124 Å². The van der Waals surface area contributed by atoms with Crippen LogP contribution in [-0.2, 0) is 9.47 Å². The molecule has 0 bridgehead atoms. The molecule has 2 fully saturated rings. The molecule has 1 aromatic heterocycles. The van der Waals surface area contributed by atoms with E-state index in [0.717, 1.165) is 55.7 Å². The number of ether oxygens (including phenoxy) is 2. The molecule has 0 amide bonds. The van der Waals surface area contributed by atoms with Crippen molar-refractivity contribution in [1.82, 2.24) is 9.78 Å². The number of nitrogens with zero attached hydrogens (tertiary/aromatic N) is 2. The van der Waals surface area contributed by atoms with E-state index in [-0.39, 0.29) is 6.23 Å². The molecule has 5 heteroatoms. The highest BCUT2D eigenvalue weighted by Crippen LogP contribution is 2.33. The highest BCUT2D eigenvalue weighted by atomic mass is 16.5. The van der Waals surface area contributed by atoms with Crippen LogP contribution in [0.15, 0.2) is 18.3 Å². The minimum absolute atomic E-state index is 0.0470. The molecule has 2 aliphatic heterocycles. The third kappa shape index (κ3) is 2.30.